The molecule has 0 aliphatic heterocycles. The van der Waals surface area contributed by atoms with Crippen LogP contribution in [0.4, 0.5) is 0 Å². The fourth-order valence-corrected chi connectivity index (χ4v) is 1.07. The summed E-state index contributed by atoms with van der Waals surface area (Å²) < 4.78 is 4.79. The first-order valence-corrected chi connectivity index (χ1v) is 3.47. The number of hydrogen-bond acceptors (Lipinski definition) is 4. The molecular formula is C8H4NO4-. The number of aromatic carboxylic acids is 1. The smallest absolute Gasteiger partial charge is 0.371 e. The topological polar surface area (TPSA) is 86.4 Å². The molecule has 0 spiro atoms. The third-order valence-electron chi connectivity index (χ3n) is 1.64. The van der Waals surface area contributed by atoms with Crippen LogP contribution in [0.25, 0.3) is 11.0 Å². The lowest BCUT2D eigenvalue weighted by atomic mass is 10.3. The van der Waals surface area contributed by atoms with Crippen molar-refractivity contribution in [1.82, 2.24) is 4.98 Å². The Hall–Kier alpha value is -2.04. The standard InChI is InChI=1S/C8H5NO4/c10-6-4-1-2-9-3-5(4)13-7(6)8(11)12/h1-3,10H,(H,11,12)/p-1. The molecule has 0 aromatic carbocycles. The third kappa shape index (κ3) is 1.01. The second kappa shape index (κ2) is 2.48. The summed E-state index contributed by atoms with van der Waals surface area (Å²) in [7, 11) is 0. The Morgan fingerprint density at radius 3 is 3.00 bits per heavy atom. The molecule has 0 atom stereocenters. The van der Waals surface area contributed by atoms with Crippen LogP contribution in [0.5, 0.6) is 5.75 Å². The second-order valence-corrected chi connectivity index (χ2v) is 2.44. The van der Waals surface area contributed by atoms with Crippen molar-refractivity contribution in [2.45, 2.75) is 0 Å². The molecule has 5 heteroatoms. The first-order chi connectivity index (χ1) is 6.20. The number of carboxylic acids is 1. The van der Waals surface area contributed by atoms with E-state index in [1.807, 2.05) is 0 Å². The Kier molecular flexibility index (Phi) is 1.45. The van der Waals surface area contributed by atoms with E-state index in [9.17, 15) is 9.90 Å². The van der Waals surface area contributed by atoms with Crippen LogP contribution in [-0.2, 0) is 0 Å². The van der Waals surface area contributed by atoms with Crippen molar-refractivity contribution in [3.63, 3.8) is 0 Å². The van der Waals surface area contributed by atoms with Crippen LogP contribution in [0.15, 0.2) is 22.9 Å². The molecule has 66 valence electrons. The molecular weight excluding hydrogens is 174 g/mol. The van der Waals surface area contributed by atoms with Crippen molar-refractivity contribution in [2.24, 2.45) is 0 Å². The van der Waals surface area contributed by atoms with E-state index < -0.39 is 17.5 Å². The molecule has 1 N–H and O–H groups in total. The molecule has 0 saturated heterocycles. The highest BCUT2D eigenvalue weighted by Gasteiger charge is 2.12. The SMILES string of the molecule is O=C(O)c1oc2cnccc2c1[O-]. The van der Waals surface area contributed by atoms with Gasteiger partial charge in [-0.2, -0.15) is 0 Å². The number of fused-ring (bicyclic) bond motifs is 1. The molecule has 0 fully saturated rings. The number of carboxylic acid groups (broad SMARTS) is 1. The maximum Gasteiger partial charge on any atom is 0.371 e. The van der Waals surface area contributed by atoms with E-state index >= 15 is 0 Å². The van der Waals surface area contributed by atoms with Gasteiger partial charge in [0.1, 0.15) is 0 Å². The van der Waals surface area contributed by atoms with Gasteiger partial charge in [0.2, 0.25) is 5.76 Å². The van der Waals surface area contributed by atoms with Crippen LogP contribution in [-0.4, -0.2) is 16.1 Å². The fourth-order valence-electron chi connectivity index (χ4n) is 1.07. The van der Waals surface area contributed by atoms with Crippen molar-refractivity contribution >= 4 is 16.9 Å². The zero-order valence-corrected chi connectivity index (χ0v) is 6.35. The lowest BCUT2D eigenvalue weighted by molar-refractivity contribution is -0.267. The highest BCUT2D eigenvalue weighted by Crippen LogP contribution is 2.28. The van der Waals surface area contributed by atoms with Gasteiger partial charge in [-0.25, -0.2) is 4.79 Å². The van der Waals surface area contributed by atoms with Crippen LogP contribution < -0.4 is 5.11 Å². The normalized spacial score (nSPS) is 10.5. The van der Waals surface area contributed by atoms with Crippen molar-refractivity contribution in [1.29, 1.82) is 0 Å². The van der Waals surface area contributed by atoms with Gasteiger partial charge in [0.05, 0.1) is 6.20 Å². The summed E-state index contributed by atoms with van der Waals surface area (Å²) in [5.74, 6) is -2.53. The van der Waals surface area contributed by atoms with E-state index in [-0.39, 0.29) is 11.0 Å². The quantitative estimate of drug-likeness (QED) is 0.690. The summed E-state index contributed by atoms with van der Waals surface area (Å²) in [5.41, 5.74) is 0.199. The number of rotatable bonds is 1. The lowest BCUT2D eigenvalue weighted by Crippen LogP contribution is -1.99. The molecule has 2 rings (SSSR count). The minimum atomic E-state index is -1.36. The largest absolute Gasteiger partial charge is 0.869 e. The molecule has 0 unspecified atom stereocenters. The molecule has 0 aliphatic rings. The van der Waals surface area contributed by atoms with E-state index in [4.69, 9.17) is 9.52 Å². The van der Waals surface area contributed by atoms with Gasteiger partial charge in [0.15, 0.2) is 5.58 Å². The van der Waals surface area contributed by atoms with E-state index in [0.29, 0.717) is 0 Å². The molecule has 2 heterocycles. The number of nitrogens with zero attached hydrogens (tertiary/aromatic N) is 1. The Balaban J connectivity index is 2.81. The van der Waals surface area contributed by atoms with Gasteiger partial charge in [0.25, 0.3) is 0 Å². The summed E-state index contributed by atoms with van der Waals surface area (Å²) in [5, 5.41) is 20.1. The van der Waals surface area contributed by atoms with Crippen LogP contribution in [0.2, 0.25) is 0 Å². The number of carbonyl (C=O) groups is 1. The minimum Gasteiger partial charge on any atom is -0.869 e. The number of furan rings is 1. The van der Waals surface area contributed by atoms with Gasteiger partial charge < -0.3 is 14.6 Å². The van der Waals surface area contributed by atoms with Crippen LogP contribution in [0.3, 0.4) is 0 Å². The molecule has 0 radical (unpaired) electrons. The van der Waals surface area contributed by atoms with Gasteiger partial charge in [-0.05, 0) is 11.8 Å². The van der Waals surface area contributed by atoms with E-state index in [2.05, 4.69) is 4.98 Å². The van der Waals surface area contributed by atoms with Crippen molar-refractivity contribution in [3.8, 4) is 5.75 Å². The van der Waals surface area contributed by atoms with Crippen molar-refractivity contribution < 1.29 is 19.4 Å². The van der Waals surface area contributed by atoms with Gasteiger partial charge >= 0.3 is 5.97 Å². The molecule has 2 aromatic rings. The van der Waals surface area contributed by atoms with Crippen LogP contribution >= 0.6 is 0 Å². The van der Waals surface area contributed by atoms with Gasteiger partial charge in [-0.15, -0.1) is 0 Å². The summed E-state index contributed by atoms with van der Waals surface area (Å²) in [6.45, 7) is 0. The Labute approximate surface area is 72.2 Å². The van der Waals surface area contributed by atoms with Gasteiger partial charge in [0, 0.05) is 11.6 Å². The van der Waals surface area contributed by atoms with E-state index in [0.717, 1.165) is 0 Å². The van der Waals surface area contributed by atoms with Crippen LogP contribution in [0, 0.1) is 0 Å². The summed E-state index contributed by atoms with van der Waals surface area (Å²) in [6.07, 6.45) is 2.72. The highest BCUT2D eigenvalue weighted by atomic mass is 16.4. The number of aromatic nitrogens is 1. The minimum absolute atomic E-state index is 0.199. The van der Waals surface area contributed by atoms with E-state index in [1.54, 1.807) is 0 Å². The zero-order chi connectivity index (χ0) is 9.42. The monoisotopic (exact) mass is 178 g/mol. The molecule has 0 bridgehead atoms. The molecule has 0 aliphatic carbocycles. The maximum atomic E-state index is 11.3. The summed E-state index contributed by atoms with van der Waals surface area (Å²) >= 11 is 0. The molecule has 0 amide bonds. The van der Waals surface area contributed by atoms with E-state index in [1.165, 1.54) is 18.5 Å². The zero-order valence-electron chi connectivity index (χ0n) is 6.35. The Morgan fingerprint density at radius 2 is 2.38 bits per heavy atom. The van der Waals surface area contributed by atoms with Crippen LogP contribution in [0.1, 0.15) is 10.6 Å². The second-order valence-electron chi connectivity index (χ2n) is 2.44. The average Bonchev–Trinajstić information content (AvgIpc) is 2.45. The Bertz CT molecular complexity index is 474. The van der Waals surface area contributed by atoms with Crippen molar-refractivity contribution in [3.05, 3.63) is 24.2 Å². The number of pyridine rings is 1. The predicted octanol–water partition coefficient (Wildman–Crippen LogP) is 0.600. The first-order valence-electron chi connectivity index (χ1n) is 3.47. The molecule has 0 saturated carbocycles. The summed E-state index contributed by atoms with van der Waals surface area (Å²) in [4.78, 5) is 14.2. The van der Waals surface area contributed by atoms with Gasteiger partial charge in [-0.1, -0.05) is 0 Å². The fraction of sp³-hybridized carbons (Fsp3) is 0. The Morgan fingerprint density at radius 1 is 1.62 bits per heavy atom. The molecule has 13 heavy (non-hydrogen) atoms. The number of hydrogen-bond donors (Lipinski definition) is 1. The third-order valence-corrected chi connectivity index (χ3v) is 1.64. The lowest BCUT2D eigenvalue weighted by Gasteiger charge is -2.00. The first kappa shape index (κ1) is 7.60. The summed E-state index contributed by atoms with van der Waals surface area (Å²) in [6, 6.07) is 1.42. The predicted molar refractivity (Wildman–Crippen MR) is 40.4 cm³/mol. The van der Waals surface area contributed by atoms with Gasteiger partial charge in [-0.3, -0.25) is 4.98 Å². The average molecular weight is 178 g/mol. The van der Waals surface area contributed by atoms with Crippen molar-refractivity contribution in [2.75, 3.05) is 0 Å². The highest BCUT2D eigenvalue weighted by molar-refractivity contribution is 5.96. The molecule has 5 nitrogen and oxygen atoms in total. The maximum absolute atomic E-state index is 11.3. The molecule has 2 aromatic heterocycles.